The molecule has 94 valence electrons. The number of aliphatic hydroxyl groups excluding tert-OH is 1. The zero-order chi connectivity index (χ0) is 12.5. The first-order chi connectivity index (χ1) is 8.22. The van der Waals surface area contributed by atoms with Crippen LogP contribution >= 0.6 is 0 Å². The number of rotatable bonds is 8. The fourth-order valence-electron chi connectivity index (χ4n) is 1.51. The van der Waals surface area contributed by atoms with E-state index in [2.05, 4.69) is 6.58 Å². The number of allylic oxidation sites excluding steroid dienone is 1. The lowest BCUT2D eigenvalue weighted by atomic mass is 10.2. The zero-order valence-electron chi connectivity index (χ0n) is 10.4. The molecule has 1 rings (SSSR count). The van der Waals surface area contributed by atoms with Crippen LogP contribution in [0.1, 0.15) is 18.4 Å². The van der Waals surface area contributed by atoms with Gasteiger partial charge in [-0.15, -0.1) is 6.58 Å². The standard InChI is InChI=1S/C14H21NO2/c1-3-4-10-14(16)11-15(2)17-12-13-8-6-5-7-9-13/h3,5-9,14,16H,1,4,10-12H2,2H3. The first-order valence-electron chi connectivity index (χ1n) is 5.89. The van der Waals surface area contributed by atoms with Crippen molar-refractivity contribution in [3.05, 3.63) is 48.6 Å². The molecule has 0 spiro atoms. The van der Waals surface area contributed by atoms with Gasteiger partial charge in [0.05, 0.1) is 12.7 Å². The van der Waals surface area contributed by atoms with E-state index in [0.29, 0.717) is 13.2 Å². The number of aliphatic hydroxyl groups is 1. The Morgan fingerprint density at radius 3 is 2.76 bits per heavy atom. The number of nitrogens with zero attached hydrogens (tertiary/aromatic N) is 1. The summed E-state index contributed by atoms with van der Waals surface area (Å²) in [5.74, 6) is 0. The van der Waals surface area contributed by atoms with Crippen LogP contribution in [0, 0.1) is 0 Å². The first kappa shape index (κ1) is 13.9. The van der Waals surface area contributed by atoms with Crippen LogP contribution in [-0.2, 0) is 11.4 Å². The highest BCUT2D eigenvalue weighted by molar-refractivity contribution is 5.13. The van der Waals surface area contributed by atoms with Crippen LogP contribution in [0.4, 0.5) is 0 Å². The lowest BCUT2D eigenvalue weighted by Crippen LogP contribution is -2.29. The van der Waals surface area contributed by atoms with E-state index in [4.69, 9.17) is 4.84 Å². The Morgan fingerprint density at radius 2 is 2.12 bits per heavy atom. The SMILES string of the molecule is C=CCCC(O)CN(C)OCc1ccccc1. The van der Waals surface area contributed by atoms with Gasteiger partial charge in [-0.25, -0.2) is 0 Å². The summed E-state index contributed by atoms with van der Waals surface area (Å²) in [5.41, 5.74) is 1.12. The molecule has 0 radical (unpaired) electrons. The van der Waals surface area contributed by atoms with Crippen LogP contribution in [0.5, 0.6) is 0 Å². The third kappa shape index (κ3) is 6.22. The highest BCUT2D eigenvalue weighted by atomic mass is 16.7. The molecule has 0 saturated heterocycles. The average Bonchev–Trinajstić information content (AvgIpc) is 2.35. The van der Waals surface area contributed by atoms with E-state index >= 15 is 0 Å². The van der Waals surface area contributed by atoms with Crippen LogP contribution in [-0.4, -0.2) is 29.9 Å². The summed E-state index contributed by atoms with van der Waals surface area (Å²) in [6.07, 6.45) is 3.00. The van der Waals surface area contributed by atoms with Gasteiger partial charge in [0.2, 0.25) is 0 Å². The maximum absolute atomic E-state index is 9.68. The summed E-state index contributed by atoms with van der Waals surface area (Å²) in [6, 6.07) is 9.98. The summed E-state index contributed by atoms with van der Waals surface area (Å²) in [7, 11) is 1.83. The van der Waals surface area contributed by atoms with Crippen molar-refractivity contribution in [2.75, 3.05) is 13.6 Å². The second kappa shape index (κ2) is 8.01. The Labute approximate surface area is 103 Å². The van der Waals surface area contributed by atoms with Crippen molar-refractivity contribution < 1.29 is 9.94 Å². The molecule has 0 aliphatic carbocycles. The van der Waals surface area contributed by atoms with E-state index in [1.807, 2.05) is 43.5 Å². The van der Waals surface area contributed by atoms with Crippen molar-refractivity contribution in [1.82, 2.24) is 5.06 Å². The third-order valence-electron chi connectivity index (χ3n) is 2.47. The minimum Gasteiger partial charge on any atom is -0.392 e. The zero-order valence-corrected chi connectivity index (χ0v) is 10.4. The predicted octanol–water partition coefficient (Wildman–Crippen LogP) is 2.38. The summed E-state index contributed by atoms with van der Waals surface area (Å²) < 4.78 is 0. The normalized spacial score (nSPS) is 12.6. The topological polar surface area (TPSA) is 32.7 Å². The summed E-state index contributed by atoms with van der Waals surface area (Å²) in [6.45, 7) is 4.68. The molecular weight excluding hydrogens is 214 g/mol. The maximum Gasteiger partial charge on any atom is 0.0935 e. The first-order valence-corrected chi connectivity index (χ1v) is 5.89. The van der Waals surface area contributed by atoms with Gasteiger partial charge in [0.25, 0.3) is 0 Å². The van der Waals surface area contributed by atoms with Gasteiger partial charge in [0.15, 0.2) is 0 Å². The van der Waals surface area contributed by atoms with Gasteiger partial charge < -0.3 is 5.11 Å². The van der Waals surface area contributed by atoms with Gasteiger partial charge >= 0.3 is 0 Å². The van der Waals surface area contributed by atoms with Crippen LogP contribution < -0.4 is 0 Å². The molecule has 0 amide bonds. The van der Waals surface area contributed by atoms with Crippen molar-refractivity contribution in [2.45, 2.75) is 25.6 Å². The molecule has 0 heterocycles. The average molecular weight is 235 g/mol. The summed E-state index contributed by atoms with van der Waals surface area (Å²) >= 11 is 0. The third-order valence-corrected chi connectivity index (χ3v) is 2.47. The molecule has 0 aliphatic heterocycles. The molecule has 1 aromatic carbocycles. The van der Waals surface area contributed by atoms with Gasteiger partial charge in [-0.2, -0.15) is 5.06 Å². The Kier molecular flexibility index (Phi) is 6.55. The maximum atomic E-state index is 9.68. The Hall–Kier alpha value is -1.16. The quantitative estimate of drug-likeness (QED) is 0.554. The van der Waals surface area contributed by atoms with Crippen LogP contribution in [0.15, 0.2) is 43.0 Å². The van der Waals surface area contributed by atoms with E-state index in [9.17, 15) is 5.11 Å². The lowest BCUT2D eigenvalue weighted by Gasteiger charge is -2.19. The Bertz CT molecular complexity index is 313. The van der Waals surface area contributed by atoms with Crippen molar-refractivity contribution in [1.29, 1.82) is 0 Å². The number of hydrogen-bond donors (Lipinski definition) is 1. The van der Waals surface area contributed by atoms with Crippen LogP contribution in [0.25, 0.3) is 0 Å². The molecule has 17 heavy (non-hydrogen) atoms. The van der Waals surface area contributed by atoms with Crippen LogP contribution in [0.3, 0.4) is 0 Å². The van der Waals surface area contributed by atoms with E-state index in [1.54, 1.807) is 5.06 Å². The molecule has 0 fully saturated rings. The van der Waals surface area contributed by atoms with Gasteiger partial charge in [-0.1, -0.05) is 36.4 Å². The predicted molar refractivity (Wildman–Crippen MR) is 69.3 cm³/mol. The van der Waals surface area contributed by atoms with Crippen molar-refractivity contribution in [3.63, 3.8) is 0 Å². The monoisotopic (exact) mass is 235 g/mol. The molecule has 0 bridgehead atoms. The molecule has 1 atom stereocenters. The Balaban J connectivity index is 2.21. The molecule has 1 aromatic rings. The minimum atomic E-state index is -0.367. The molecule has 1 unspecified atom stereocenters. The highest BCUT2D eigenvalue weighted by Gasteiger charge is 2.07. The summed E-state index contributed by atoms with van der Waals surface area (Å²) in [5, 5.41) is 11.4. The summed E-state index contributed by atoms with van der Waals surface area (Å²) in [4.78, 5) is 5.53. The molecule has 0 saturated carbocycles. The largest absolute Gasteiger partial charge is 0.392 e. The van der Waals surface area contributed by atoms with E-state index < -0.39 is 0 Å². The number of hydroxylamine groups is 2. The van der Waals surface area contributed by atoms with Gasteiger partial charge in [-0.3, -0.25) is 4.84 Å². The van der Waals surface area contributed by atoms with Gasteiger partial charge in [0.1, 0.15) is 0 Å². The van der Waals surface area contributed by atoms with E-state index in [0.717, 1.165) is 18.4 Å². The molecule has 0 aromatic heterocycles. The van der Waals surface area contributed by atoms with Crippen molar-refractivity contribution in [2.24, 2.45) is 0 Å². The number of hydrogen-bond acceptors (Lipinski definition) is 3. The smallest absolute Gasteiger partial charge is 0.0935 e. The molecular formula is C14H21NO2. The van der Waals surface area contributed by atoms with Gasteiger partial charge in [0, 0.05) is 13.6 Å². The van der Waals surface area contributed by atoms with E-state index in [-0.39, 0.29) is 6.10 Å². The minimum absolute atomic E-state index is 0.367. The lowest BCUT2D eigenvalue weighted by molar-refractivity contribution is -0.165. The van der Waals surface area contributed by atoms with Crippen molar-refractivity contribution >= 4 is 0 Å². The number of likely N-dealkylation sites (N-methyl/N-ethyl adjacent to an activating group) is 1. The van der Waals surface area contributed by atoms with Crippen molar-refractivity contribution in [3.8, 4) is 0 Å². The van der Waals surface area contributed by atoms with E-state index in [1.165, 1.54) is 0 Å². The van der Waals surface area contributed by atoms with Gasteiger partial charge in [-0.05, 0) is 18.4 Å². The fraction of sp³-hybridized carbons (Fsp3) is 0.429. The van der Waals surface area contributed by atoms with Crippen LogP contribution in [0.2, 0.25) is 0 Å². The second-order valence-corrected chi connectivity index (χ2v) is 4.09. The Morgan fingerprint density at radius 1 is 1.41 bits per heavy atom. The highest BCUT2D eigenvalue weighted by Crippen LogP contribution is 2.04. The number of benzene rings is 1. The molecule has 1 N–H and O–H groups in total. The fourth-order valence-corrected chi connectivity index (χ4v) is 1.51. The molecule has 0 aliphatic rings. The molecule has 3 nitrogen and oxygen atoms in total. The molecule has 3 heteroatoms. The second-order valence-electron chi connectivity index (χ2n) is 4.09.